The monoisotopic (exact) mass is 537 g/mol. The Morgan fingerprint density at radius 3 is 2.74 bits per heavy atom. The number of carbonyl (C=O) groups excluding carboxylic acids is 3. The highest BCUT2D eigenvalue weighted by atomic mass is 32.1. The molecule has 1 atom stereocenters. The van der Waals surface area contributed by atoms with Crippen molar-refractivity contribution < 1.29 is 14.4 Å². The van der Waals surface area contributed by atoms with E-state index in [0.29, 0.717) is 34.2 Å². The van der Waals surface area contributed by atoms with Crippen molar-refractivity contribution in [3.8, 4) is 11.1 Å². The van der Waals surface area contributed by atoms with Gasteiger partial charge >= 0.3 is 6.03 Å². The van der Waals surface area contributed by atoms with E-state index in [4.69, 9.17) is 0 Å². The van der Waals surface area contributed by atoms with E-state index in [0.717, 1.165) is 40.6 Å². The summed E-state index contributed by atoms with van der Waals surface area (Å²) in [6.45, 7) is 6.61. The zero-order valence-corrected chi connectivity index (χ0v) is 22.3. The van der Waals surface area contributed by atoms with Gasteiger partial charge in [0.1, 0.15) is 9.71 Å². The average molecular weight is 538 g/mol. The predicted molar refractivity (Wildman–Crippen MR) is 155 cm³/mol. The number of thiophene rings is 1. The van der Waals surface area contributed by atoms with Gasteiger partial charge in [-0.1, -0.05) is 49.0 Å². The molecule has 2 aromatic heterocycles. The molecule has 4 heterocycles. The summed E-state index contributed by atoms with van der Waals surface area (Å²) in [6.07, 6.45) is 4.53. The van der Waals surface area contributed by atoms with Crippen LogP contribution in [-0.4, -0.2) is 46.9 Å². The number of piperidine rings is 1. The van der Waals surface area contributed by atoms with Crippen molar-refractivity contribution in [1.29, 1.82) is 0 Å². The maximum absolute atomic E-state index is 13.6. The number of aryl methyl sites for hydroxylation is 1. The molecule has 0 saturated carbocycles. The van der Waals surface area contributed by atoms with Crippen LogP contribution in [-0.2, 0) is 4.79 Å². The normalized spacial score (nSPS) is 16.6. The number of hydrogen-bond donors (Lipinski definition) is 2. The fourth-order valence-corrected chi connectivity index (χ4v) is 6.34. The standard InChI is InChI=1S/C30H27N5O3S/c1-3-24(36)34-15-7-10-21(17-34)32-28(37)27-26-25-22(13-14-31-29(25)39-27)35(30(38)33-26)23-16-20(12-11-18(23)2)19-8-5-4-6-9-19/h3-6,8-9,11-14,16,21H,1,7,10,15,17H2,2H3,(H,32,37)(H,33,38). The minimum Gasteiger partial charge on any atom is -0.347 e. The molecule has 2 aromatic carbocycles. The third-order valence-corrected chi connectivity index (χ3v) is 8.35. The molecule has 1 saturated heterocycles. The summed E-state index contributed by atoms with van der Waals surface area (Å²) in [6, 6.07) is 17.4. The molecule has 4 aromatic rings. The Bertz CT molecular complexity index is 1630. The molecule has 6 rings (SSSR count). The minimum absolute atomic E-state index is 0.140. The fourth-order valence-electron chi connectivity index (χ4n) is 5.32. The van der Waals surface area contributed by atoms with Crippen molar-refractivity contribution in [3.63, 3.8) is 0 Å². The Hall–Kier alpha value is -4.50. The van der Waals surface area contributed by atoms with E-state index in [1.807, 2.05) is 61.5 Å². The summed E-state index contributed by atoms with van der Waals surface area (Å²) in [7, 11) is 0. The van der Waals surface area contributed by atoms with Crippen molar-refractivity contribution in [2.45, 2.75) is 25.8 Å². The molecule has 2 N–H and O–H groups in total. The van der Waals surface area contributed by atoms with Crippen LogP contribution in [0.2, 0.25) is 0 Å². The van der Waals surface area contributed by atoms with Gasteiger partial charge in [0.05, 0.1) is 22.4 Å². The lowest BCUT2D eigenvalue weighted by Crippen LogP contribution is -2.49. The zero-order chi connectivity index (χ0) is 27.1. The summed E-state index contributed by atoms with van der Waals surface area (Å²) in [5.74, 6) is -0.424. The predicted octanol–water partition coefficient (Wildman–Crippen LogP) is 5.86. The second-order valence-electron chi connectivity index (χ2n) is 9.75. The minimum atomic E-state index is -0.337. The lowest BCUT2D eigenvalue weighted by atomic mass is 10.0. The van der Waals surface area contributed by atoms with E-state index in [1.165, 1.54) is 17.4 Å². The van der Waals surface area contributed by atoms with Crippen LogP contribution in [0.3, 0.4) is 0 Å². The molecule has 0 radical (unpaired) electrons. The molecule has 39 heavy (non-hydrogen) atoms. The van der Waals surface area contributed by atoms with Crippen LogP contribution in [0, 0.1) is 6.92 Å². The van der Waals surface area contributed by atoms with Crippen LogP contribution in [0.4, 0.5) is 21.9 Å². The first kappa shape index (κ1) is 24.8. The molecule has 196 valence electrons. The van der Waals surface area contributed by atoms with Gasteiger partial charge in [-0.2, -0.15) is 0 Å². The van der Waals surface area contributed by atoms with Crippen molar-refractivity contribution >= 4 is 56.5 Å². The number of hydrogen-bond acceptors (Lipinski definition) is 5. The van der Waals surface area contributed by atoms with Crippen molar-refractivity contribution in [2.75, 3.05) is 23.3 Å². The van der Waals surface area contributed by atoms with E-state index in [1.54, 1.807) is 16.0 Å². The number of benzene rings is 2. The summed E-state index contributed by atoms with van der Waals surface area (Å²) >= 11 is 1.25. The number of rotatable bonds is 5. The number of nitrogens with one attached hydrogen (secondary N) is 2. The van der Waals surface area contributed by atoms with Crippen LogP contribution < -0.4 is 15.5 Å². The molecule has 1 fully saturated rings. The smallest absolute Gasteiger partial charge is 0.331 e. The maximum atomic E-state index is 13.6. The van der Waals surface area contributed by atoms with E-state index >= 15 is 0 Å². The topological polar surface area (TPSA) is 94.6 Å². The SMILES string of the molecule is C=CC(=O)N1CCCC(NC(=O)c2sc3nccc4c3c2NC(=O)N4c2cc(-c3ccccc3)ccc2C)C1. The number of amides is 4. The molecule has 0 aliphatic carbocycles. The van der Waals surface area contributed by atoms with Crippen LogP contribution in [0.1, 0.15) is 28.1 Å². The highest BCUT2D eigenvalue weighted by Crippen LogP contribution is 2.46. The zero-order valence-electron chi connectivity index (χ0n) is 21.4. The fraction of sp³-hybridized carbons (Fsp3) is 0.200. The van der Waals surface area contributed by atoms with Gasteiger partial charge in [-0.05, 0) is 54.7 Å². The van der Waals surface area contributed by atoms with Crippen LogP contribution in [0.5, 0.6) is 0 Å². The summed E-state index contributed by atoms with van der Waals surface area (Å²) in [5, 5.41) is 6.79. The van der Waals surface area contributed by atoms with Gasteiger partial charge in [0.2, 0.25) is 5.91 Å². The second kappa shape index (κ2) is 9.99. The second-order valence-corrected chi connectivity index (χ2v) is 10.7. The summed E-state index contributed by atoms with van der Waals surface area (Å²) in [5.41, 5.74) is 4.93. The Labute approximate surface area is 230 Å². The number of urea groups is 1. The van der Waals surface area contributed by atoms with E-state index in [-0.39, 0.29) is 23.9 Å². The number of aromatic nitrogens is 1. The number of pyridine rings is 1. The first-order valence-corrected chi connectivity index (χ1v) is 13.7. The van der Waals surface area contributed by atoms with Gasteiger partial charge in [-0.25, -0.2) is 9.78 Å². The van der Waals surface area contributed by atoms with Gasteiger partial charge in [-0.15, -0.1) is 11.3 Å². The van der Waals surface area contributed by atoms with Gasteiger partial charge < -0.3 is 15.5 Å². The van der Waals surface area contributed by atoms with E-state index in [2.05, 4.69) is 22.2 Å². The van der Waals surface area contributed by atoms with Gasteiger partial charge in [-0.3, -0.25) is 14.5 Å². The van der Waals surface area contributed by atoms with E-state index in [9.17, 15) is 14.4 Å². The number of nitrogens with zero attached hydrogens (tertiary/aromatic N) is 3. The molecular formula is C30H27N5O3S. The number of carbonyl (C=O) groups is 3. The van der Waals surface area contributed by atoms with Crippen molar-refractivity contribution in [1.82, 2.24) is 15.2 Å². The molecular weight excluding hydrogens is 510 g/mol. The van der Waals surface area contributed by atoms with Crippen LogP contribution in [0.25, 0.3) is 21.3 Å². The molecule has 8 nitrogen and oxygen atoms in total. The quantitative estimate of drug-likeness (QED) is 0.312. The third-order valence-electron chi connectivity index (χ3n) is 7.25. The Balaban J connectivity index is 1.36. The number of anilines is 3. The van der Waals surface area contributed by atoms with Gasteiger partial charge in [0.15, 0.2) is 0 Å². The van der Waals surface area contributed by atoms with Crippen molar-refractivity contribution in [2.24, 2.45) is 0 Å². The largest absolute Gasteiger partial charge is 0.347 e. The average Bonchev–Trinajstić information content (AvgIpc) is 3.33. The van der Waals surface area contributed by atoms with E-state index < -0.39 is 0 Å². The summed E-state index contributed by atoms with van der Waals surface area (Å²) < 4.78 is 0. The highest BCUT2D eigenvalue weighted by Gasteiger charge is 2.34. The van der Waals surface area contributed by atoms with Crippen LogP contribution >= 0.6 is 11.3 Å². The lowest BCUT2D eigenvalue weighted by molar-refractivity contribution is -0.127. The maximum Gasteiger partial charge on any atom is 0.331 e. The molecule has 4 amide bonds. The molecule has 0 spiro atoms. The summed E-state index contributed by atoms with van der Waals surface area (Å²) in [4.78, 5) is 48.1. The molecule has 9 heteroatoms. The highest BCUT2D eigenvalue weighted by molar-refractivity contribution is 7.21. The Morgan fingerprint density at radius 2 is 1.95 bits per heavy atom. The molecule has 0 bridgehead atoms. The Kier molecular flexibility index (Phi) is 6.36. The molecule has 2 aliphatic heterocycles. The first-order valence-electron chi connectivity index (χ1n) is 12.9. The van der Waals surface area contributed by atoms with Crippen molar-refractivity contribution in [3.05, 3.63) is 83.9 Å². The third kappa shape index (κ3) is 4.44. The molecule has 2 aliphatic rings. The lowest BCUT2D eigenvalue weighted by Gasteiger charge is -2.32. The van der Waals surface area contributed by atoms with Gasteiger partial charge in [0.25, 0.3) is 5.91 Å². The molecule has 1 unspecified atom stereocenters. The van der Waals surface area contributed by atoms with Crippen LogP contribution in [0.15, 0.2) is 73.4 Å². The Morgan fingerprint density at radius 1 is 1.13 bits per heavy atom. The number of likely N-dealkylation sites (tertiary alicyclic amines) is 1. The van der Waals surface area contributed by atoms with Gasteiger partial charge in [0, 0.05) is 25.3 Å². The first-order chi connectivity index (χ1) is 18.9.